The summed E-state index contributed by atoms with van der Waals surface area (Å²) in [6.07, 6.45) is -2.91. The predicted octanol–water partition coefficient (Wildman–Crippen LogP) is 2.43. The lowest BCUT2D eigenvalue weighted by Crippen LogP contribution is -2.51. The molecule has 2 atom stereocenters. The number of nitrogens with one attached hydrogen (secondary N) is 1. The minimum atomic E-state index is -4.65. The van der Waals surface area contributed by atoms with E-state index in [1.807, 2.05) is 0 Å². The molecule has 0 aromatic heterocycles. The minimum Gasteiger partial charge on any atom is -0.484 e. The van der Waals surface area contributed by atoms with E-state index in [1.54, 1.807) is 24.3 Å². The number of carbonyl (C=O) groups excluding carboxylic acids is 1. The Hall–Kier alpha value is -2.21. The summed E-state index contributed by atoms with van der Waals surface area (Å²) in [5.74, 6) is 6.17. The van der Waals surface area contributed by atoms with E-state index in [4.69, 9.17) is 32.7 Å². The monoisotopic (exact) mass is 478 g/mol. The molecule has 1 aliphatic carbocycles. The van der Waals surface area contributed by atoms with Gasteiger partial charge in [-0.25, -0.2) is 5.84 Å². The van der Waals surface area contributed by atoms with Gasteiger partial charge in [0.25, 0.3) is 5.91 Å². The Bertz CT molecular complexity index is 795. The Kier molecular flexibility index (Phi) is 8.10. The van der Waals surface area contributed by atoms with Crippen molar-refractivity contribution >= 4 is 17.5 Å². The second-order valence-electron chi connectivity index (χ2n) is 7.79. The number of carbonyl (C=O) groups is 1. The number of amides is 1. The zero-order valence-corrected chi connectivity index (χ0v) is 17.9. The number of hydrogen-bond donors (Lipinski definition) is 3. The maximum atomic E-state index is 12.2. The Morgan fingerprint density at radius 2 is 1.97 bits per heavy atom. The van der Waals surface area contributed by atoms with Crippen LogP contribution in [0.1, 0.15) is 25.7 Å². The lowest BCUT2D eigenvalue weighted by atomic mass is 9.89. The standard InChI is InChI=1S/C20H26ClF3N4O4/c21-12-1-4-15(5-2-12)30-11-19(29)27-13-3-6-18(31-10-13)17(25)9-28(26)14-7-16(8-14)32-20(22,23)24/h1-2,4-5,9,13-14,16,18H,3,6-8,10-11,25-26H2,(H,27,29)/b17-9-/t13-,14?,16?,18+/m0/s1. The van der Waals surface area contributed by atoms with E-state index in [0.717, 1.165) is 0 Å². The molecule has 1 saturated carbocycles. The number of benzene rings is 1. The highest BCUT2D eigenvalue weighted by Gasteiger charge is 2.41. The number of hydrogen-bond acceptors (Lipinski definition) is 7. The summed E-state index contributed by atoms with van der Waals surface area (Å²) in [7, 11) is 0. The molecule has 8 nitrogen and oxygen atoms in total. The number of nitrogens with zero attached hydrogens (tertiary/aromatic N) is 1. The zero-order valence-electron chi connectivity index (χ0n) is 17.2. The van der Waals surface area contributed by atoms with Crippen molar-refractivity contribution in [2.75, 3.05) is 13.2 Å². The molecule has 12 heteroatoms. The van der Waals surface area contributed by atoms with Crippen LogP contribution >= 0.6 is 11.6 Å². The van der Waals surface area contributed by atoms with Crippen LogP contribution in [0.4, 0.5) is 13.2 Å². The molecular formula is C20H26ClF3N4O4. The van der Waals surface area contributed by atoms with Gasteiger partial charge in [0, 0.05) is 17.3 Å². The van der Waals surface area contributed by atoms with Gasteiger partial charge in [-0.15, -0.1) is 13.2 Å². The highest BCUT2D eigenvalue weighted by Crippen LogP contribution is 2.32. The summed E-state index contributed by atoms with van der Waals surface area (Å²) < 4.78 is 51.7. The van der Waals surface area contributed by atoms with Gasteiger partial charge in [0.2, 0.25) is 0 Å². The third-order valence-electron chi connectivity index (χ3n) is 5.29. The summed E-state index contributed by atoms with van der Waals surface area (Å²) in [6.45, 7) is 0.133. The number of nitrogens with two attached hydrogens (primary N) is 2. The SMILES string of the molecule is N/C(=C\N(N)C1CC(OC(F)(F)F)C1)[C@H]1CC[C@H](NC(=O)COc2ccc(Cl)cc2)CO1. The molecule has 178 valence electrons. The van der Waals surface area contributed by atoms with Crippen LogP contribution in [-0.4, -0.2) is 54.8 Å². The van der Waals surface area contributed by atoms with Crippen molar-refractivity contribution in [2.45, 2.75) is 56.3 Å². The normalized spacial score (nSPS) is 26.2. The fourth-order valence-corrected chi connectivity index (χ4v) is 3.63. The van der Waals surface area contributed by atoms with Crippen molar-refractivity contribution in [1.29, 1.82) is 0 Å². The Morgan fingerprint density at radius 3 is 2.56 bits per heavy atom. The maximum Gasteiger partial charge on any atom is 0.522 e. The Balaban J connectivity index is 1.35. The van der Waals surface area contributed by atoms with E-state index in [2.05, 4.69) is 10.1 Å². The van der Waals surface area contributed by atoms with E-state index in [0.29, 0.717) is 29.3 Å². The summed E-state index contributed by atoms with van der Waals surface area (Å²) in [6, 6.07) is 6.23. The lowest BCUT2D eigenvalue weighted by Gasteiger charge is -2.40. The van der Waals surface area contributed by atoms with Gasteiger partial charge in [-0.2, -0.15) is 0 Å². The molecule has 5 N–H and O–H groups in total. The number of hydrazine groups is 1. The highest BCUT2D eigenvalue weighted by atomic mass is 35.5. The molecular weight excluding hydrogens is 453 g/mol. The molecule has 2 fully saturated rings. The third kappa shape index (κ3) is 7.44. The van der Waals surface area contributed by atoms with E-state index < -0.39 is 12.5 Å². The molecule has 1 amide bonds. The smallest absolute Gasteiger partial charge is 0.484 e. The van der Waals surface area contributed by atoms with Gasteiger partial charge in [-0.3, -0.25) is 9.53 Å². The van der Waals surface area contributed by atoms with E-state index in [1.165, 1.54) is 11.2 Å². The van der Waals surface area contributed by atoms with Crippen LogP contribution in [-0.2, 0) is 14.3 Å². The second-order valence-corrected chi connectivity index (χ2v) is 8.23. The number of halogens is 4. The van der Waals surface area contributed by atoms with Crippen molar-refractivity contribution < 1.29 is 32.2 Å². The van der Waals surface area contributed by atoms with Crippen molar-refractivity contribution in [3.8, 4) is 5.75 Å². The molecule has 1 saturated heterocycles. The minimum absolute atomic E-state index is 0.133. The largest absolute Gasteiger partial charge is 0.522 e. The number of ether oxygens (including phenoxy) is 3. The second kappa shape index (κ2) is 10.6. The molecule has 2 aliphatic rings. The number of rotatable bonds is 8. The summed E-state index contributed by atoms with van der Waals surface area (Å²) in [5, 5.41) is 4.72. The van der Waals surface area contributed by atoms with E-state index >= 15 is 0 Å². The third-order valence-corrected chi connectivity index (χ3v) is 5.54. The van der Waals surface area contributed by atoms with Gasteiger partial charge in [0.1, 0.15) is 5.75 Å². The Labute approximate surface area is 188 Å². The first-order valence-electron chi connectivity index (χ1n) is 10.1. The molecule has 0 bridgehead atoms. The Morgan fingerprint density at radius 1 is 1.28 bits per heavy atom. The van der Waals surface area contributed by atoms with Crippen LogP contribution in [0.15, 0.2) is 36.2 Å². The molecule has 1 aliphatic heterocycles. The summed E-state index contributed by atoms with van der Waals surface area (Å²) in [4.78, 5) is 12.1. The van der Waals surface area contributed by atoms with Gasteiger partial charge < -0.3 is 25.5 Å². The number of alkyl halides is 3. The average molecular weight is 479 g/mol. The fourth-order valence-electron chi connectivity index (χ4n) is 3.50. The maximum absolute atomic E-state index is 12.2. The van der Waals surface area contributed by atoms with Gasteiger partial charge >= 0.3 is 6.36 Å². The van der Waals surface area contributed by atoms with E-state index in [9.17, 15) is 18.0 Å². The molecule has 0 unspecified atom stereocenters. The molecule has 1 aromatic carbocycles. The molecule has 1 heterocycles. The lowest BCUT2D eigenvalue weighted by molar-refractivity contribution is -0.353. The van der Waals surface area contributed by atoms with Crippen LogP contribution < -0.4 is 21.6 Å². The van der Waals surface area contributed by atoms with Gasteiger partial charge in [-0.1, -0.05) is 11.6 Å². The topological polar surface area (TPSA) is 112 Å². The fraction of sp³-hybridized carbons (Fsp3) is 0.550. The first kappa shape index (κ1) is 24.4. The molecule has 32 heavy (non-hydrogen) atoms. The van der Waals surface area contributed by atoms with Gasteiger partial charge in [0.15, 0.2) is 6.61 Å². The van der Waals surface area contributed by atoms with Crippen LogP contribution in [0.25, 0.3) is 0 Å². The quantitative estimate of drug-likeness (QED) is 0.388. The van der Waals surface area contributed by atoms with Gasteiger partial charge in [0.05, 0.1) is 30.6 Å². The van der Waals surface area contributed by atoms with Gasteiger partial charge in [-0.05, 0) is 49.9 Å². The van der Waals surface area contributed by atoms with E-state index in [-0.39, 0.29) is 50.2 Å². The van der Waals surface area contributed by atoms with Crippen LogP contribution in [0, 0.1) is 0 Å². The highest BCUT2D eigenvalue weighted by molar-refractivity contribution is 6.30. The van der Waals surface area contributed by atoms with Crippen LogP contribution in [0.3, 0.4) is 0 Å². The van der Waals surface area contributed by atoms with Crippen molar-refractivity contribution in [3.63, 3.8) is 0 Å². The van der Waals surface area contributed by atoms with Crippen molar-refractivity contribution in [2.24, 2.45) is 11.6 Å². The van der Waals surface area contributed by atoms with Crippen LogP contribution in [0.2, 0.25) is 5.02 Å². The predicted molar refractivity (Wildman–Crippen MR) is 110 cm³/mol. The molecule has 0 radical (unpaired) electrons. The zero-order chi connectivity index (χ0) is 23.3. The molecule has 3 rings (SSSR count). The summed E-state index contributed by atoms with van der Waals surface area (Å²) in [5.41, 5.74) is 6.44. The first-order chi connectivity index (χ1) is 15.1. The van der Waals surface area contributed by atoms with Crippen molar-refractivity contribution in [3.05, 3.63) is 41.2 Å². The molecule has 0 spiro atoms. The molecule has 1 aromatic rings. The van der Waals surface area contributed by atoms with Crippen molar-refractivity contribution in [1.82, 2.24) is 10.3 Å². The van der Waals surface area contributed by atoms with Crippen LogP contribution in [0.5, 0.6) is 5.75 Å². The first-order valence-corrected chi connectivity index (χ1v) is 10.5. The average Bonchev–Trinajstić information content (AvgIpc) is 2.69. The summed E-state index contributed by atoms with van der Waals surface area (Å²) >= 11 is 5.80.